The molecular weight excluding hydrogens is 406 g/mol. The predicted molar refractivity (Wildman–Crippen MR) is 124 cm³/mol. The number of aryl methyl sites for hydroxylation is 1. The van der Waals surface area contributed by atoms with Crippen molar-refractivity contribution in [2.75, 3.05) is 45.2 Å². The van der Waals surface area contributed by atoms with Crippen LogP contribution in [0.4, 0.5) is 5.69 Å². The minimum atomic E-state index is -0.120. The normalized spacial score (nSPS) is 14.5. The zero-order chi connectivity index (χ0) is 22.9. The van der Waals surface area contributed by atoms with Crippen LogP contribution in [0.2, 0.25) is 0 Å². The van der Waals surface area contributed by atoms with Gasteiger partial charge in [0.25, 0.3) is 0 Å². The number of nitrogens with one attached hydrogen (secondary N) is 1. The molecule has 3 rings (SSSR count). The van der Waals surface area contributed by atoms with Crippen LogP contribution in [0, 0.1) is 0 Å². The maximum absolute atomic E-state index is 12.7. The summed E-state index contributed by atoms with van der Waals surface area (Å²) in [6, 6.07) is 14.7. The summed E-state index contributed by atoms with van der Waals surface area (Å²) in [5.41, 5.74) is 2.30. The Balaban J connectivity index is 1.44. The number of carbonyl (C=O) groups is 3. The van der Waals surface area contributed by atoms with Gasteiger partial charge in [0.05, 0.1) is 13.7 Å². The summed E-state index contributed by atoms with van der Waals surface area (Å²) >= 11 is 0. The van der Waals surface area contributed by atoms with E-state index in [1.807, 2.05) is 29.2 Å². The predicted octanol–water partition coefficient (Wildman–Crippen LogP) is 3.00. The smallest absolute Gasteiger partial charge is 0.238 e. The monoisotopic (exact) mass is 437 g/mol. The van der Waals surface area contributed by atoms with Crippen molar-refractivity contribution in [3.8, 4) is 5.75 Å². The summed E-state index contributed by atoms with van der Waals surface area (Å²) in [7, 11) is 1.64. The molecule has 0 radical (unpaired) electrons. The lowest BCUT2D eigenvalue weighted by Crippen LogP contribution is -2.38. The van der Waals surface area contributed by atoms with Gasteiger partial charge in [0.1, 0.15) is 5.75 Å². The fourth-order valence-corrected chi connectivity index (χ4v) is 3.80. The van der Waals surface area contributed by atoms with Gasteiger partial charge in [-0.15, -0.1) is 0 Å². The molecule has 2 aromatic rings. The van der Waals surface area contributed by atoms with Crippen LogP contribution in [0.5, 0.6) is 5.75 Å². The van der Waals surface area contributed by atoms with Crippen molar-refractivity contribution in [2.24, 2.45) is 0 Å². The van der Waals surface area contributed by atoms with Gasteiger partial charge in [-0.3, -0.25) is 19.3 Å². The topological polar surface area (TPSA) is 79.0 Å². The first-order valence-electron chi connectivity index (χ1n) is 11.0. The second kappa shape index (κ2) is 11.4. The minimum absolute atomic E-state index is 0.0367. The first-order valence-corrected chi connectivity index (χ1v) is 11.0. The lowest BCUT2D eigenvalue weighted by molar-refractivity contribution is -0.131. The van der Waals surface area contributed by atoms with Gasteiger partial charge in [0.2, 0.25) is 11.8 Å². The van der Waals surface area contributed by atoms with E-state index in [2.05, 4.69) is 10.2 Å². The third kappa shape index (κ3) is 6.92. The van der Waals surface area contributed by atoms with Crippen LogP contribution in [0.1, 0.15) is 35.7 Å². The van der Waals surface area contributed by atoms with Gasteiger partial charge in [0, 0.05) is 43.9 Å². The standard InChI is InChI=1S/C25H31N3O4/c1-19(29)21-5-3-6-22(17-21)26-24(30)18-27-13-4-14-28(16-15-27)25(31)12-9-20-7-10-23(32-2)11-8-20/h3,5-8,10-11,17H,4,9,12-16,18H2,1-2H3,(H,26,30). The van der Waals surface area contributed by atoms with Crippen molar-refractivity contribution < 1.29 is 19.1 Å². The Bertz CT molecular complexity index is 942. The highest BCUT2D eigenvalue weighted by Crippen LogP contribution is 2.14. The number of hydrogen-bond acceptors (Lipinski definition) is 5. The van der Waals surface area contributed by atoms with E-state index in [1.54, 1.807) is 31.4 Å². The molecular formula is C25H31N3O4. The molecule has 2 aromatic carbocycles. The van der Waals surface area contributed by atoms with Gasteiger partial charge in [0.15, 0.2) is 5.78 Å². The third-order valence-corrected chi connectivity index (χ3v) is 5.65. The van der Waals surface area contributed by atoms with E-state index in [1.165, 1.54) is 6.92 Å². The number of rotatable bonds is 8. The van der Waals surface area contributed by atoms with E-state index in [4.69, 9.17) is 4.74 Å². The van der Waals surface area contributed by atoms with Crippen molar-refractivity contribution in [1.29, 1.82) is 0 Å². The van der Waals surface area contributed by atoms with Gasteiger partial charge in [-0.25, -0.2) is 0 Å². The molecule has 0 atom stereocenters. The number of carbonyl (C=O) groups excluding carboxylic acids is 3. The van der Waals surface area contributed by atoms with Crippen LogP contribution in [0.15, 0.2) is 48.5 Å². The summed E-state index contributed by atoms with van der Waals surface area (Å²) in [5, 5.41) is 2.86. The Labute approximate surface area is 189 Å². The lowest BCUT2D eigenvalue weighted by Gasteiger charge is -2.22. The van der Waals surface area contributed by atoms with E-state index in [0.717, 1.165) is 24.3 Å². The average Bonchev–Trinajstić information content (AvgIpc) is 3.03. The number of Topliss-reactive ketones (excluding diaryl/α,β-unsaturated/α-hetero) is 1. The van der Waals surface area contributed by atoms with E-state index in [-0.39, 0.29) is 24.1 Å². The van der Waals surface area contributed by atoms with Crippen molar-refractivity contribution in [3.63, 3.8) is 0 Å². The second-order valence-corrected chi connectivity index (χ2v) is 8.04. The maximum Gasteiger partial charge on any atom is 0.238 e. The fourth-order valence-electron chi connectivity index (χ4n) is 3.80. The largest absolute Gasteiger partial charge is 0.497 e. The molecule has 1 saturated heterocycles. The highest BCUT2D eigenvalue weighted by atomic mass is 16.5. The molecule has 1 N–H and O–H groups in total. The van der Waals surface area contributed by atoms with Gasteiger partial charge in [-0.05, 0) is 49.6 Å². The second-order valence-electron chi connectivity index (χ2n) is 8.04. The van der Waals surface area contributed by atoms with E-state index in [0.29, 0.717) is 43.7 Å². The number of benzene rings is 2. The van der Waals surface area contributed by atoms with Gasteiger partial charge in [-0.1, -0.05) is 24.3 Å². The zero-order valence-corrected chi connectivity index (χ0v) is 18.8. The van der Waals surface area contributed by atoms with Crippen molar-refractivity contribution >= 4 is 23.3 Å². The van der Waals surface area contributed by atoms with Crippen LogP contribution in [0.25, 0.3) is 0 Å². The number of amides is 2. The number of methoxy groups -OCH3 is 1. The van der Waals surface area contributed by atoms with E-state index in [9.17, 15) is 14.4 Å². The Hall–Kier alpha value is -3.19. The molecule has 0 unspecified atom stereocenters. The van der Waals surface area contributed by atoms with Gasteiger partial charge >= 0.3 is 0 Å². The molecule has 32 heavy (non-hydrogen) atoms. The number of hydrogen-bond donors (Lipinski definition) is 1. The molecule has 1 aliphatic rings. The average molecular weight is 438 g/mol. The number of ether oxygens (including phenoxy) is 1. The Morgan fingerprint density at radius 3 is 2.50 bits per heavy atom. The van der Waals surface area contributed by atoms with Crippen LogP contribution >= 0.6 is 0 Å². The van der Waals surface area contributed by atoms with Gasteiger partial charge in [-0.2, -0.15) is 0 Å². The first kappa shape index (κ1) is 23.5. The van der Waals surface area contributed by atoms with Crippen molar-refractivity contribution in [3.05, 3.63) is 59.7 Å². The van der Waals surface area contributed by atoms with Crippen LogP contribution < -0.4 is 10.1 Å². The summed E-state index contributed by atoms with van der Waals surface area (Å²) < 4.78 is 5.17. The SMILES string of the molecule is COc1ccc(CCC(=O)N2CCCN(CC(=O)Nc3cccc(C(C)=O)c3)CC2)cc1. The molecule has 0 aliphatic carbocycles. The molecule has 0 bridgehead atoms. The molecule has 1 heterocycles. The van der Waals surface area contributed by atoms with Gasteiger partial charge < -0.3 is 15.0 Å². The molecule has 2 amide bonds. The number of nitrogens with zero attached hydrogens (tertiary/aromatic N) is 2. The highest BCUT2D eigenvalue weighted by molar-refractivity contribution is 5.97. The maximum atomic E-state index is 12.7. The van der Waals surface area contributed by atoms with E-state index >= 15 is 0 Å². The molecule has 7 heteroatoms. The van der Waals surface area contributed by atoms with Crippen LogP contribution in [-0.4, -0.2) is 67.2 Å². The zero-order valence-electron chi connectivity index (χ0n) is 18.8. The molecule has 0 aromatic heterocycles. The quantitative estimate of drug-likeness (QED) is 0.643. The number of ketones is 1. The molecule has 7 nitrogen and oxygen atoms in total. The first-order chi connectivity index (χ1) is 15.4. The van der Waals surface area contributed by atoms with Crippen LogP contribution in [0.3, 0.4) is 0 Å². The summed E-state index contributed by atoms with van der Waals surface area (Å²) in [4.78, 5) is 40.6. The molecule has 0 spiro atoms. The Kier molecular flexibility index (Phi) is 8.39. The van der Waals surface area contributed by atoms with Crippen molar-refractivity contribution in [2.45, 2.75) is 26.2 Å². The lowest BCUT2D eigenvalue weighted by atomic mass is 10.1. The van der Waals surface area contributed by atoms with Crippen molar-refractivity contribution in [1.82, 2.24) is 9.80 Å². The molecule has 0 saturated carbocycles. The van der Waals surface area contributed by atoms with E-state index < -0.39 is 0 Å². The third-order valence-electron chi connectivity index (χ3n) is 5.65. The molecule has 1 fully saturated rings. The summed E-state index contributed by atoms with van der Waals surface area (Å²) in [5.74, 6) is 0.798. The summed E-state index contributed by atoms with van der Waals surface area (Å²) in [6.45, 7) is 4.52. The Morgan fingerprint density at radius 1 is 1.00 bits per heavy atom. The minimum Gasteiger partial charge on any atom is -0.497 e. The van der Waals surface area contributed by atoms with Crippen LogP contribution in [-0.2, 0) is 16.0 Å². The Morgan fingerprint density at radius 2 is 1.78 bits per heavy atom. The highest BCUT2D eigenvalue weighted by Gasteiger charge is 2.20. The molecule has 170 valence electrons. The number of anilines is 1. The summed E-state index contributed by atoms with van der Waals surface area (Å²) in [6.07, 6.45) is 2.01. The fraction of sp³-hybridized carbons (Fsp3) is 0.400. The molecule has 1 aliphatic heterocycles.